The molecule has 1 unspecified atom stereocenters. The van der Waals surface area contributed by atoms with Gasteiger partial charge in [-0.25, -0.2) is 13.1 Å². The standard InChI is InChI=1S/C17H22N4O4S/c1-2-21-11-13(10-19-21)9-18-17(22)14-4-3-5-16(8-14)26(23,24)20-15-6-7-25-12-15/h3-5,8,10-11,15,20H,2,6-7,9,12H2,1H3,(H,18,22). The number of aromatic nitrogens is 2. The van der Waals surface area contributed by atoms with Gasteiger partial charge in [-0.15, -0.1) is 0 Å². The van der Waals surface area contributed by atoms with E-state index in [1.54, 1.807) is 23.0 Å². The third kappa shape index (κ3) is 4.48. The van der Waals surface area contributed by atoms with E-state index in [4.69, 9.17) is 4.74 Å². The van der Waals surface area contributed by atoms with Crippen LogP contribution in [0.1, 0.15) is 29.3 Å². The van der Waals surface area contributed by atoms with Crippen molar-refractivity contribution in [3.63, 3.8) is 0 Å². The number of amides is 1. The van der Waals surface area contributed by atoms with Crippen LogP contribution in [0.4, 0.5) is 0 Å². The first-order valence-electron chi connectivity index (χ1n) is 8.47. The Hall–Kier alpha value is -2.23. The monoisotopic (exact) mass is 378 g/mol. The molecular formula is C17H22N4O4S. The van der Waals surface area contributed by atoms with Crippen molar-refractivity contribution in [1.82, 2.24) is 19.8 Å². The number of rotatable bonds is 7. The van der Waals surface area contributed by atoms with Gasteiger partial charge in [0.1, 0.15) is 0 Å². The van der Waals surface area contributed by atoms with E-state index in [1.165, 1.54) is 12.1 Å². The lowest BCUT2D eigenvalue weighted by Crippen LogP contribution is -2.35. The van der Waals surface area contributed by atoms with Crippen molar-refractivity contribution >= 4 is 15.9 Å². The molecule has 1 aromatic heterocycles. The van der Waals surface area contributed by atoms with Crippen molar-refractivity contribution in [3.05, 3.63) is 47.8 Å². The fraction of sp³-hybridized carbons (Fsp3) is 0.412. The Labute approximate surface area is 152 Å². The van der Waals surface area contributed by atoms with E-state index in [9.17, 15) is 13.2 Å². The second-order valence-corrected chi connectivity index (χ2v) is 7.81. The highest BCUT2D eigenvalue weighted by Crippen LogP contribution is 2.14. The number of nitrogens with one attached hydrogen (secondary N) is 2. The largest absolute Gasteiger partial charge is 0.380 e. The number of aryl methyl sites for hydroxylation is 1. The summed E-state index contributed by atoms with van der Waals surface area (Å²) in [5.41, 5.74) is 1.17. The molecule has 2 N–H and O–H groups in total. The third-order valence-electron chi connectivity index (χ3n) is 4.12. The summed E-state index contributed by atoms with van der Waals surface area (Å²) in [6.45, 7) is 3.97. The minimum Gasteiger partial charge on any atom is -0.380 e. The number of carbonyl (C=O) groups is 1. The molecule has 1 aliphatic heterocycles. The summed E-state index contributed by atoms with van der Waals surface area (Å²) < 4.78 is 34.5. The van der Waals surface area contributed by atoms with Crippen LogP contribution in [0.2, 0.25) is 0 Å². The number of ether oxygens (including phenoxy) is 1. The average Bonchev–Trinajstić information content (AvgIpc) is 3.31. The van der Waals surface area contributed by atoms with Gasteiger partial charge in [0.2, 0.25) is 10.0 Å². The van der Waals surface area contributed by atoms with E-state index < -0.39 is 10.0 Å². The van der Waals surface area contributed by atoms with Crippen molar-refractivity contribution in [2.75, 3.05) is 13.2 Å². The molecule has 2 aromatic rings. The normalized spacial score (nSPS) is 17.3. The summed E-state index contributed by atoms with van der Waals surface area (Å²) in [6, 6.07) is 5.77. The highest BCUT2D eigenvalue weighted by molar-refractivity contribution is 7.89. The summed E-state index contributed by atoms with van der Waals surface area (Å²) in [7, 11) is -3.69. The topological polar surface area (TPSA) is 102 Å². The lowest BCUT2D eigenvalue weighted by atomic mass is 10.2. The van der Waals surface area contributed by atoms with Crippen LogP contribution in [-0.2, 0) is 27.8 Å². The van der Waals surface area contributed by atoms with Gasteiger partial charge in [0.25, 0.3) is 5.91 Å². The minimum atomic E-state index is -3.69. The molecule has 9 heteroatoms. The van der Waals surface area contributed by atoms with Crippen LogP contribution in [0.15, 0.2) is 41.6 Å². The Morgan fingerprint density at radius 3 is 2.96 bits per heavy atom. The molecule has 0 saturated carbocycles. The number of benzene rings is 1. The summed E-state index contributed by atoms with van der Waals surface area (Å²) in [6.07, 6.45) is 4.19. The molecule has 1 aromatic carbocycles. The van der Waals surface area contributed by atoms with Crippen molar-refractivity contribution in [1.29, 1.82) is 0 Å². The fourth-order valence-electron chi connectivity index (χ4n) is 2.67. The van der Waals surface area contributed by atoms with Crippen LogP contribution in [-0.4, -0.2) is 43.4 Å². The Bertz CT molecular complexity index is 872. The molecule has 0 radical (unpaired) electrons. The average molecular weight is 378 g/mol. The quantitative estimate of drug-likeness (QED) is 0.745. The number of hydrogen-bond donors (Lipinski definition) is 2. The molecule has 0 bridgehead atoms. The van der Waals surface area contributed by atoms with Gasteiger partial charge in [-0.3, -0.25) is 9.48 Å². The summed E-state index contributed by atoms with van der Waals surface area (Å²) in [5, 5.41) is 6.93. The Balaban J connectivity index is 1.66. The van der Waals surface area contributed by atoms with E-state index in [1.807, 2.05) is 13.1 Å². The molecule has 1 aliphatic rings. The van der Waals surface area contributed by atoms with Crippen LogP contribution in [0.3, 0.4) is 0 Å². The molecule has 140 valence electrons. The van der Waals surface area contributed by atoms with Crippen molar-refractivity contribution in [2.24, 2.45) is 0 Å². The molecule has 1 saturated heterocycles. The first-order valence-corrected chi connectivity index (χ1v) is 9.96. The number of sulfonamides is 1. The maximum atomic E-state index is 12.5. The molecule has 8 nitrogen and oxygen atoms in total. The van der Waals surface area contributed by atoms with Crippen LogP contribution < -0.4 is 10.0 Å². The predicted octanol–water partition coefficient (Wildman–Crippen LogP) is 0.900. The summed E-state index contributed by atoms with van der Waals surface area (Å²) in [4.78, 5) is 12.4. The van der Waals surface area contributed by atoms with Gasteiger partial charge in [0, 0.05) is 43.1 Å². The van der Waals surface area contributed by atoms with Gasteiger partial charge < -0.3 is 10.1 Å². The number of carbonyl (C=O) groups excluding carboxylic acids is 1. The van der Waals surface area contributed by atoms with Gasteiger partial charge in [0.15, 0.2) is 0 Å². The van der Waals surface area contributed by atoms with Crippen LogP contribution in [0, 0.1) is 0 Å². The minimum absolute atomic E-state index is 0.0656. The molecule has 3 rings (SSSR count). The van der Waals surface area contributed by atoms with Gasteiger partial charge in [-0.1, -0.05) is 6.07 Å². The maximum absolute atomic E-state index is 12.5. The molecule has 0 aliphatic carbocycles. The maximum Gasteiger partial charge on any atom is 0.251 e. The van der Waals surface area contributed by atoms with E-state index in [0.717, 1.165) is 12.1 Å². The third-order valence-corrected chi connectivity index (χ3v) is 5.64. The number of nitrogens with zero attached hydrogens (tertiary/aromatic N) is 2. The Morgan fingerprint density at radius 1 is 1.42 bits per heavy atom. The molecule has 26 heavy (non-hydrogen) atoms. The van der Waals surface area contributed by atoms with Gasteiger partial charge in [-0.05, 0) is 31.5 Å². The SMILES string of the molecule is CCn1cc(CNC(=O)c2cccc(S(=O)(=O)NC3CCOC3)c2)cn1. The van der Waals surface area contributed by atoms with E-state index >= 15 is 0 Å². The highest BCUT2D eigenvalue weighted by Gasteiger charge is 2.24. The van der Waals surface area contributed by atoms with Crippen molar-refractivity contribution < 1.29 is 17.9 Å². The second-order valence-electron chi connectivity index (χ2n) is 6.10. The Morgan fingerprint density at radius 2 is 2.27 bits per heavy atom. The molecular weight excluding hydrogens is 356 g/mol. The van der Waals surface area contributed by atoms with Crippen LogP contribution in [0.25, 0.3) is 0 Å². The van der Waals surface area contributed by atoms with E-state index in [0.29, 0.717) is 31.7 Å². The summed E-state index contributed by atoms with van der Waals surface area (Å²) in [5.74, 6) is -0.338. The van der Waals surface area contributed by atoms with Gasteiger partial charge >= 0.3 is 0 Å². The smallest absolute Gasteiger partial charge is 0.251 e. The zero-order chi connectivity index (χ0) is 18.6. The second kappa shape index (κ2) is 7.98. The fourth-order valence-corrected chi connectivity index (χ4v) is 3.98. The predicted molar refractivity (Wildman–Crippen MR) is 95.1 cm³/mol. The first kappa shape index (κ1) is 18.6. The van der Waals surface area contributed by atoms with Gasteiger partial charge in [-0.2, -0.15) is 5.10 Å². The summed E-state index contributed by atoms with van der Waals surface area (Å²) >= 11 is 0. The number of hydrogen-bond acceptors (Lipinski definition) is 5. The van der Waals surface area contributed by atoms with Crippen LogP contribution >= 0.6 is 0 Å². The highest BCUT2D eigenvalue weighted by atomic mass is 32.2. The van der Waals surface area contributed by atoms with Crippen molar-refractivity contribution in [3.8, 4) is 0 Å². The van der Waals surface area contributed by atoms with E-state index in [2.05, 4.69) is 15.1 Å². The molecule has 1 fully saturated rings. The molecule has 0 spiro atoms. The zero-order valence-corrected chi connectivity index (χ0v) is 15.3. The first-order chi connectivity index (χ1) is 12.5. The Kier molecular flexibility index (Phi) is 5.70. The van der Waals surface area contributed by atoms with Crippen molar-refractivity contribution in [2.45, 2.75) is 37.4 Å². The lowest BCUT2D eigenvalue weighted by Gasteiger charge is -2.12. The van der Waals surface area contributed by atoms with Gasteiger partial charge in [0.05, 0.1) is 17.7 Å². The van der Waals surface area contributed by atoms with E-state index in [-0.39, 0.29) is 16.8 Å². The molecule has 2 heterocycles. The molecule has 1 amide bonds. The van der Waals surface area contributed by atoms with Crippen LogP contribution in [0.5, 0.6) is 0 Å². The zero-order valence-electron chi connectivity index (χ0n) is 14.5. The lowest BCUT2D eigenvalue weighted by molar-refractivity contribution is 0.0950. The molecule has 1 atom stereocenters.